The van der Waals surface area contributed by atoms with Crippen molar-refractivity contribution in [3.05, 3.63) is 28.8 Å². The monoisotopic (exact) mass is 258 g/mol. The van der Waals surface area contributed by atoms with Gasteiger partial charge in [0.25, 0.3) is 0 Å². The highest BCUT2D eigenvalue weighted by atomic mass is 35.5. The van der Waals surface area contributed by atoms with Crippen molar-refractivity contribution in [2.45, 2.75) is 42.9 Å². The van der Waals surface area contributed by atoms with Crippen LogP contribution in [0.5, 0.6) is 0 Å². The third-order valence-electron chi connectivity index (χ3n) is 3.21. The average molecular weight is 259 g/mol. The van der Waals surface area contributed by atoms with Gasteiger partial charge in [0.1, 0.15) is 0 Å². The Morgan fingerprint density at radius 1 is 1.25 bits per heavy atom. The van der Waals surface area contributed by atoms with Crippen molar-refractivity contribution in [1.82, 2.24) is 0 Å². The lowest BCUT2D eigenvalue weighted by Gasteiger charge is -2.23. The van der Waals surface area contributed by atoms with Crippen molar-refractivity contribution in [3.8, 4) is 0 Å². The van der Waals surface area contributed by atoms with Crippen molar-refractivity contribution in [3.63, 3.8) is 0 Å². The summed E-state index contributed by atoms with van der Waals surface area (Å²) in [5, 5.41) is 0.723. The standard InChI is InChI=1S/C12H15ClO2S/c13-12-7-6-10(16(14)15)8-11(12)9-4-2-1-3-5-9/h6-9H,1-5H2,(H,14,15). The first-order chi connectivity index (χ1) is 7.68. The van der Waals surface area contributed by atoms with Crippen molar-refractivity contribution >= 4 is 22.7 Å². The molecule has 2 rings (SSSR count). The molecule has 0 aromatic heterocycles. The van der Waals surface area contributed by atoms with E-state index >= 15 is 0 Å². The second-order valence-corrected chi connectivity index (χ2v) is 5.64. The van der Waals surface area contributed by atoms with Gasteiger partial charge in [-0.25, -0.2) is 4.21 Å². The number of benzene rings is 1. The van der Waals surface area contributed by atoms with Crippen LogP contribution in [0.1, 0.15) is 43.6 Å². The number of rotatable bonds is 2. The zero-order chi connectivity index (χ0) is 11.5. The SMILES string of the molecule is O=S(O)c1ccc(Cl)c(C2CCCCC2)c1. The molecule has 0 radical (unpaired) electrons. The molecule has 0 aliphatic heterocycles. The quantitative estimate of drug-likeness (QED) is 0.815. The number of halogens is 1. The minimum atomic E-state index is -1.91. The van der Waals surface area contributed by atoms with Gasteiger partial charge in [0.2, 0.25) is 0 Å². The van der Waals surface area contributed by atoms with Gasteiger partial charge >= 0.3 is 0 Å². The molecule has 88 valence electrons. The lowest BCUT2D eigenvalue weighted by atomic mass is 9.84. The molecule has 4 heteroatoms. The summed E-state index contributed by atoms with van der Waals surface area (Å²) in [5.41, 5.74) is 1.04. The summed E-state index contributed by atoms with van der Waals surface area (Å²) < 4.78 is 20.1. The summed E-state index contributed by atoms with van der Waals surface area (Å²) in [6, 6.07) is 5.13. The van der Waals surface area contributed by atoms with Crippen LogP contribution in [0.25, 0.3) is 0 Å². The molecular weight excluding hydrogens is 244 g/mol. The largest absolute Gasteiger partial charge is 0.302 e. The van der Waals surface area contributed by atoms with E-state index in [0.717, 1.165) is 23.4 Å². The number of hydrogen-bond acceptors (Lipinski definition) is 1. The molecular formula is C12H15ClO2S. The summed E-state index contributed by atoms with van der Waals surface area (Å²) in [6.45, 7) is 0. The fraction of sp³-hybridized carbons (Fsp3) is 0.500. The Bertz CT molecular complexity index is 400. The third-order valence-corrected chi connectivity index (χ3v) is 4.22. The van der Waals surface area contributed by atoms with Gasteiger partial charge in [0.05, 0.1) is 4.90 Å². The Labute approximate surface area is 103 Å². The summed E-state index contributed by atoms with van der Waals surface area (Å²) in [6.07, 6.45) is 6.03. The van der Waals surface area contributed by atoms with Crippen molar-refractivity contribution in [1.29, 1.82) is 0 Å². The van der Waals surface area contributed by atoms with E-state index in [0.29, 0.717) is 10.8 Å². The molecule has 0 heterocycles. The first kappa shape index (κ1) is 12.1. The van der Waals surface area contributed by atoms with E-state index in [2.05, 4.69) is 0 Å². The first-order valence-electron chi connectivity index (χ1n) is 5.59. The fourth-order valence-electron chi connectivity index (χ4n) is 2.36. The molecule has 0 amide bonds. The van der Waals surface area contributed by atoms with Gasteiger partial charge in [0.15, 0.2) is 11.1 Å². The molecule has 16 heavy (non-hydrogen) atoms. The highest BCUT2D eigenvalue weighted by Crippen LogP contribution is 2.36. The Balaban J connectivity index is 2.30. The molecule has 0 saturated heterocycles. The van der Waals surface area contributed by atoms with Crippen LogP contribution in [0, 0.1) is 0 Å². The second kappa shape index (κ2) is 5.30. The van der Waals surface area contributed by atoms with Crippen molar-refractivity contribution < 1.29 is 8.76 Å². The predicted molar refractivity (Wildman–Crippen MR) is 66.3 cm³/mol. The van der Waals surface area contributed by atoms with E-state index < -0.39 is 11.1 Å². The second-order valence-electron chi connectivity index (χ2n) is 4.27. The Morgan fingerprint density at radius 2 is 1.94 bits per heavy atom. The molecule has 2 nitrogen and oxygen atoms in total. The maximum atomic E-state index is 11.0. The van der Waals surface area contributed by atoms with Crippen LogP contribution >= 0.6 is 11.6 Å². The van der Waals surface area contributed by atoms with Crippen LogP contribution in [0.15, 0.2) is 23.1 Å². The molecule has 1 saturated carbocycles. The van der Waals surface area contributed by atoms with Crippen LogP contribution in [0.2, 0.25) is 5.02 Å². The lowest BCUT2D eigenvalue weighted by molar-refractivity contribution is 0.443. The Morgan fingerprint density at radius 3 is 2.56 bits per heavy atom. The molecule has 1 unspecified atom stereocenters. The molecule has 1 aromatic rings. The number of hydrogen-bond donors (Lipinski definition) is 1. The molecule has 1 atom stereocenters. The molecule has 1 aliphatic rings. The van der Waals surface area contributed by atoms with Gasteiger partial charge in [0, 0.05) is 5.02 Å². The summed E-state index contributed by atoms with van der Waals surface area (Å²) >= 11 is 4.24. The van der Waals surface area contributed by atoms with Crippen LogP contribution in [0.4, 0.5) is 0 Å². The van der Waals surface area contributed by atoms with Crippen LogP contribution < -0.4 is 0 Å². The lowest BCUT2D eigenvalue weighted by Crippen LogP contribution is -2.06. The summed E-state index contributed by atoms with van der Waals surface area (Å²) in [5.74, 6) is 0.463. The molecule has 1 aliphatic carbocycles. The van der Waals surface area contributed by atoms with Crippen molar-refractivity contribution in [2.24, 2.45) is 0 Å². The van der Waals surface area contributed by atoms with Gasteiger partial charge in [-0.15, -0.1) is 0 Å². The van der Waals surface area contributed by atoms with Crippen LogP contribution in [-0.2, 0) is 11.1 Å². The predicted octanol–water partition coefficient (Wildman–Crippen LogP) is 3.97. The average Bonchev–Trinajstić information content (AvgIpc) is 2.30. The summed E-state index contributed by atoms with van der Waals surface area (Å²) in [7, 11) is 0. The first-order valence-corrected chi connectivity index (χ1v) is 7.07. The highest BCUT2D eigenvalue weighted by molar-refractivity contribution is 7.79. The maximum Gasteiger partial charge on any atom is 0.186 e. The molecule has 1 aromatic carbocycles. The van der Waals surface area contributed by atoms with E-state index in [1.807, 2.05) is 0 Å². The molecule has 0 spiro atoms. The third kappa shape index (κ3) is 2.65. The van der Waals surface area contributed by atoms with Gasteiger partial charge < -0.3 is 4.55 Å². The Kier molecular flexibility index (Phi) is 4.00. The van der Waals surface area contributed by atoms with Gasteiger partial charge in [-0.3, -0.25) is 0 Å². The van der Waals surface area contributed by atoms with E-state index in [4.69, 9.17) is 16.2 Å². The molecule has 0 bridgehead atoms. The van der Waals surface area contributed by atoms with Gasteiger partial charge in [-0.05, 0) is 42.5 Å². The minimum absolute atomic E-state index is 0.449. The van der Waals surface area contributed by atoms with Crippen LogP contribution in [-0.4, -0.2) is 8.76 Å². The topological polar surface area (TPSA) is 37.3 Å². The van der Waals surface area contributed by atoms with Gasteiger partial charge in [-0.2, -0.15) is 0 Å². The maximum absolute atomic E-state index is 11.0. The zero-order valence-corrected chi connectivity index (χ0v) is 10.6. The molecule has 1 N–H and O–H groups in total. The highest BCUT2D eigenvalue weighted by Gasteiger charge is 2.19. The van der Waals surface area contributed by atoms with Gasteiger partial charge in [-0.1, -0.05) is 30.9 Å². The summed E-state index contributed by atoms with van der Waals surface area (Å²) in [4.78, 5) is 0.449. The normalized spacial score (nSPS) is 19.6. The smallest absolute Gasteiger partial charge is 0.186 e. The van der Waals surface area contributed by atoms with E-state index in [-0.39, 0.29) is 0 Å². The molecule has 1 fully saturated rings. The Hall–Kier alpha value is -0.380. The fourth-order valence-corrected chi connectivity index (χ4v) is 3.04. The van der Waals surface area contributed by atoms with Crippen LogP contribution in [0.3, 0.4) is 0 Å². The minimum Gasteiger partial charge on any atom is -0.302 e. The van der Waals surface area contributed by atoms with Crippen molar-refractivity contribution in [2.75, 3.05) is 0 Å². The van der Waals surface area contributed by atoms with E-state index in [1.54, 1.807) is 18.2 Å². The van der Waals surface area contributed by atoms with E-state index in [9.17, 15) is 4.21 Å². The van der Waals surface area contributed by atoms with E-state index in [1.165, 1.54) is 19.3 Å². The zero-order valence-electron chi connectivity index (χ0n) is 8.99.